The zero-order chi connectivity index (χ0) is 18.9. The first-order valence-electron chi connectivity index (χ1n) is 7.75. The lowest BCUT2D eigenvalue weighted by Crippen LogP contribution is -2.46. The molecule has 0 atom stereocenters. The van der Waals surface area contributed by atoms with Crippen molar-refractivity contribution in [2.24, 2.45) is 0 Å². The first kappa shape index (κ1) is 19.8. The Morgan fingerprint density at radius 3 is 2.23 bits per heavy atom. The molecule has 0 aromatic heterocycles. The summed E-state index contributed by atoms with van der Waals surface area (Å²) in [5.41, 5.74) is 6.02. The molecular weight excluding hydrogens is 374 g/mol. The average Bonchev–Trinajstić information content (AvgIpc) is 2.64. The van der Waals surface area contributed by atoms with E-state index >= 15 is 0 Å². The number of amides is 3. The molecular formula is C18H18ClN3O3S. The molecule has 2 rings (SSSR count). The lowest BCUT2D eigenvalue weighted by Gasteiger charge is -2.08. The van der Waals surface area contributed by atoms with E-state index in [0.717, 1.165) is 16.2 Å². The average molecular weight is 392 g/mol. The highest BCUT2D eigenvalue weighted by Gasteiger charge is 2.08. The smallest absolute Gasteiger partial charge is 0.269 e. The van der Waals surface area contributed by atoms with Gasteiger partial charge in [-0.25, -0.2) is 0 Å². The van der Waals surface area contributed by atoms with Gasteiger partial charge in [-0.3, -0.25) is 25.2 Å². The van der Waals surface area contributed by atoms with E-state index in [1.165, 1.54) is 6.92 Å². The van der Waals surface area contributed by atoms with Gasteiger partial charge in [0.25, 0.3) is 11.8 Å². The quantitative estimate of drug-likeness (QED) is 0.521. The van der Waals surface area contributed by atoms with Gasteiger partial charge in [0.2, 0.25) is 5.91 Å². The molecule has 3 N–H and O–H groups in total. The molecule has 0 aliphatic carbocycles. The molecule has 0 spiro atoms. The van der Waals surface area contributed by atoms with Crippen molar-refractivity contribution in [1.29, 1.82) is 0 Å². The Morgan fingerprint density at radius 1 is 0.962 bits per heavy atom. The molecule has 0 radical (unpaired) electrons. The van der Waals surface area contributed by atoms with Crippen LogP contribution in [0.15, 0.2) is 53.4 Å². The van der Waals surface area contributed by atoms with Crippen molar-refractivity contribution >= 4 is 41.1 Å². The molecule has 6 nitrogen and oxygen atoms in total. The van der Waals surface area contributed by atoms with Crippen LogP contribution in [0, 0.1) is 0 Å². The minimum absolute atomic E-state index is 0.198. The zero-order valence-electron chi connectivity index (χ0n) is 14.0. The lowest BCUT2D eigenvalue weighted by molar-refractivity contribution is -0.125. The maximum Gasteiger partial charge on any atom is 0.269 e. The second-order valence-corrected chi connectivity index (χ2v) is 6.84. The van der Waals surface area contributed by atoms with Crippen LogP contribution in [0.5, 0.6) is 0 Å². The molecule has 0 heterocycles. The first-order chi connectivity index (χ1) is 12.4. The van der Waals surface area contributed by atoms with Crippen LogP contribution in [-0.2, 0) is 15.3 Å². The molecule has 0 bridgehead atoms. The third-order valence-electron chi connectivity index (χ3n) is 3.25. The van der Waals surface area contributed by atoms with Crippen molar-refractivity contribution < 1.29 is 14.4 Å². The van der Waals surface area contributed by atoms with Crippen molar-refractivity contribution in [1.82, 2.24) is 16.2 Å². The highest BCUT2D eigenvalue weighted by molar-refractivity contribution is 7.98. The monoisotopic (exact) mass is 391 g/mol. The Kier molecular flexibility index (Phi) is 7.50. The van der Waals surface area contributed by atoms with Gasteiger partial charge in [-0.1, -0.05) is 23.7 Å². The van der Waals surface area contributed by atoms with E-state index in [1.807, 2.05) is 36.4 Å². The van der Waals surface area contributed by atoms with Crippen LogP contribution in [0.3, 0.4) is 0 Å². The summed E-state index contributed by atoms with van der Waals surface area (Å²) >= 11 is 7.53. The molecule has 0 aliphatic rings. The highest BCUT2D eigenvalue weighted by atomic mass is 35.5. The minimum atomic E-state index is -0.510. The molecule has 8 heteroatoms. The number of hydrogen-bond donors (Lipinski definition) is 3. The zero-order valence-corrected chi connectivity index (χ0v) is 15.6. The van der Waals surface area contributed by atoms with Gasteiger partial charge in [-0.05, 0) is 42.0 Å². The van der Waals surface area contributed by atoms with Gasteiger partial charge < -0.3 is 5.32 Å². The van der Waals surface area contributed by atoms with E-state index in [0.29, 0.717) is 10.6 Å². The van der Waals surface area contributed by atoms with Crippen LogP contribution in [0.4, 0.5) is 0 Å². The van der Waals surface area contributed by atoms with E-state index in [4.69, 9.17) is 11.6 Å². The van der Waals surface area contributed by atoms with Crippen molar-refractivity contribution in [3.8, 4) is 0 Å². The van der Waals surface area contributed by atoms with Crippen molar-refractivity contribution in [3.63, 3.8) is 0 Å². The molecule has 2 aromatic carbocycles. The number of halogens is 1. The second-order valence-electron chi connectivity index (χ2n) is 5.35. The first-order valence-corrected chi connectivity index (χ1v) is 9.11. The summed E-state index contributed by atoms with van der Waals surface area (Å²) in [5.74, 6) is -0.502. The fourth-order valence-electron chi connectivity index (χ4n) is 1.90. The van der Waals surface area contributed by atoms with Crippen LogP contribution >= 0.6 is 23.4 Å². The minimum Gasteiger partial charge on any atom is -0.347 e. The summed E-state index contributed by atoms with van der Waals surface area (Å²) in [4.78, 5) is 35.2. The summed E-state index contributed by atoms with van der Waals surface area (Å²) in [7, 11) is 0. The van der Waals surface area contributed by atoms with Gasteiger partial charge in [0, 0.05) is 28.2 Å². The number of thioether (sulfide) groups is 1. The summed E-state index contributed by atoms with van der Waals surface area (Å²) in [6.07, 6.45) is 0. The summed E-state index contributed by atoms with van der Waals surface area (Å²) in [6.45, 7) is 1.11. The standard InChI is InChI=1S/C18H18ClN3O3S/c1-12(23)20-10-17(24)21-22-18(25)14-4-2-13(3-5-14)11-26-16-8-6-15(19)7-9-16/h2-9H,10-11H2,1H3,(H,20,23)(H,21,24)(H,22,25). The maximum absolute atomic E-state index is 12.0. The molecule has 136 valence electrons. The number of nitrogens with one attached hydrogen (secondary N) is 3. The van der Waals surface area contributed by atoms with Crippen LogP contribution in [-0.4, -0.2) is 24.3 Å². The van der Waals surface area contributed by atoms with E-state index in [2.05, 4.69) is 16.2 Å². The predicted molar refractivity (Wildman–Crippen MR) is 102 cm³/mol. The Hall–Kier alpha value is -2.51. The van der Waals surface area contributed by atoms with Crippen LogP contribution in [0.25, 0.3) is 0 Å². The van der Waals surface area contributed by atoms with Gasteiger partial charge in [0.1, 0.15) is 0 Å². The number of rotatable bonds is 6. The molecule has 0 unspecified atom stereocenters. The third kappa shape index (κ3) is 6.78. The van der Waals surface area contributed by atoms with Gasteiger partial charge in [0.15, 0.2) is 0 Å². The molecule has 0 saturated carbocycles. The number of hydrogen-bond acceptors (Lipinski definition) is 4. The van der Waals surface area contributed by atoms with Gasteiger partial charge in [0.05, 0.1) is 6.54 Å². The summed E-state index contributed by atoms with van der Waals surface area (Å²) < 4.78 is 0. The largest absolute Gasteiger partial charge is 0.347 e. The van der Waals surface area contributed by atoms with Crippen molar-refractivity contribution in [2.45, 2.75) is 17.6 Å². The predicted octanol–water partition coefficient (Wildman–Crippen LogP) is 2.53. The normalized spacial score (nSPS) is 10.1. The van der Waals surface area contributed by atoms with Gasteiger partial charge in [-0.2, -0.15) is 0 Å². The molecule has 0 aliphatic heterocycles. The second kappa shape index (κ2) is 9.84. The molecule has 0 saturated heterocycles. The number of hydrazine groups is 1. The number of carbonyl (C=O) groups is 3. The van der Waals surface area contributed by atoms with Crippen molar-refractivity contribution in [2.75, 3.05) is 6.54 Å². The van der Waals surface area contributed by atoms with Crippen LogP contribution < -0.4 is 16.2 Å². The van der Waals surface area contributed by atoms with E-state index in [1.54, 1.807) is 23.9 Å². The molecule has 3 amide bonds. The Bertz CT molecular complexity index is 779. The van der Waals surface area contributed by atoms with E-state index in [-0.39, 0.29) is 12.5 Å². The van der Waals surface area contributed by atoms with Crippen molar-refractivity contribution in [3.05, 3.63) is 64.7 Å². The molecule has 26 heavy (non-hydrogen) atoms. The molecule has 0 fully saturated rings. The Morgan fingerprint density at radius 2 is 1.62 bits per heavy atom. The summed E-state index contributed by atoms with van der Waals surface area (Å²) in [6, 6.07) is 14.7. The van der Waals surface area contributed by atoms with E-state index in [9.17, 15) is 14.4 Å². The third-order valence-corrected chi connectivity index (χ3v) is 4.58. The summed E-state index contributed by atoms with van der Waals surface area (Å²) in [5, 5.41) is 3.04. The highest BCUT2D eigenvalue weighted by Crippen LogP contribution is 2.24. The fourth-order valence-corrected chi connectivity index (χ4v) is 2.88. The number of benzene rings is 2. The number of carbonyl (C=O) groups excluding carboxylic acids is 3. The molecule has 2 aromatic rings. The Balaban J connectivity index is 1.80. The van der Waals surface area contributed by atoms with Crippen LogP contribution in [0.1, 0.15) is 22.8 Å². The topological polar surface area (TPSA) is 87.3 Å². The van der Waals surface area contributed by atoms with Gasteiger partial charge >= 0.3 is 0 Å². The van der Waals surface area contributed by atoms with Gasteiger partial charge in [-0.15, -0.1) is 11.8 Å². The fraction of sp³-hybridized carbons (Fsp3) is 0.167. The van der Waals surface area contributed by atoms with Crippen LogP contribution in [0.2, 0.25) is 5.02 Å². The lowest BCUT2D eigenvalue weighted by atomic mass is 10.1. The maximum atomic E-state index is 12.0. The van der Waals surface area contributed by atoms with E-state index < -0.39 is 11.8 Å². The SMILES string of the molecule is CC(=O)NCC(=O)NNC(=O)c1ccc(CSc2ccc(Cl)cc2)cc1. The Labute approximate surface area is 160 Å².